The van der Waals surface area contributed by atoms with E-state index < -0.39 is 11.7 Å². The Morgan fingerprint density at radius 2 is 1.89 bits per heavy atom. The number of halogens is 4. The lowest BCUT2D eigenvalue weighted by Crippen LogP contribution is -2.27. The summed E-state index contributed by atoms with van der Waals surface area (Å²) in [5, 5.41) is 0. The summed E-state index contributed by atoms with van der Waals surface area (Å²) < 4.78 is 49.4. The van der Waals surface area contributed by atoms with E-state index in [2.05, 4.69) is 15.9 Å². The van der Waals surface area contributed by atoms with Crippen molar-refractivity contribution in [1.82, 2.24) is 0 Å². The largest absolute Gasteiger partial charge is 0.490 e. The van der Waals surface area contributed by atoms with E-state index in [0.29, 0.717) is 26.1 Å². The Morgan fingerprint density at radius 1 is 1.22 bits per heavy atom. The number of alkyl halides is 3. The number of hydrogen-bond acceptors (Lipinski definition) is 2. The van der Waals surface area contributed by atoms with Gasteiger partial charge in [-0.05, 0) is 12.1 Å². The molecule has 1 heterocycles. The molecular weight excluding hydrogens is 313 g/mol. The number of ether oxygens (including phenoxy) is 2. The van der Waals surface area contributed by atoms with Crippen molar-refractivity contribution < 1.29 is 22.6 Å². The van der Waals surface area contributed by atoms with Crippen LogP contribution in [0.15, 0.2) is 22.7 Å². The van der Waals surface area contributed by atoms with E-state index in [-0.39, 0.29) is 16.3 Å². The summed E-state index contributed by atoms with van der Waals surface area (Å²) in [6.07, 6.45) is -3.41. The fourth-order valence-corrected chi connectivity index (χ4v) is 2.42. The molecule has 0 N–H and O–H groups in total. The number of rotatable bonds is 2. The van der Waals surface area contributed by atoms with Gasteiger partial charge in [-0.25, -0.2) is 0 Å². The predicted molar refractivity (Wildman–Crippen MR) is 63.6 cm³/mol. The molecule has 1 aromatic carbocycles. The molecule has 2 nitrogen and oxygen atoms in total. The molecule has 1 fully saturated rings. The molecule has 6 heteroatoms. The van der Waals surface area contributed by atoms with E-state index in [1.54, 1.807) is 0 Å². The van der Waals surface area contributed by atoms with E-state index in [1.807, 2.05) is 0 Å². The quantitative estimate of drug-likeness (QED) is 0.817. The zero-order chi connectivity index (χ0) is 13.2. The van der Waals surface area contributed by atoms with Gasteiger partial charge in [0.2, 0.25) is 0 Å². The first kappa shape index (κ1) is 13.7. The predicted octanol–water partition coefficient (Wildman–Crippen LogP) is 4.03. The third-order valence-electron chi connectivity index (χ3n) is 2.72. The molecule has 1 aromatic rings. The van der Waals surface area contributed by atoms with Gasteiger partial charge in [0.15, 0.2) is 0 Å². The van der Waals surface area contributed by atoms with Gasteiger partial charge in [0.1, 0.15) is 17.4 Å². The highest BCUT2D eigenvalue weighted by molar-refractivity contribution is 9.10. The maximum absolute atomic E-state index is 12.9. The molecule has 2 rings (SSSR count). The third-order valence-corrected chi connectivity index (χ3v) is 3.38. The average Bonchev–Trinajstić information content (AvgIpc) is 2.28. The maximum Gasteiger partial charge on any atom is 0.421 e. The fourth-order valence-electron chi connectivity index (χ4n) is 1.85. The molecule has 1 aliphatic rings. The van der Waals surface area contributed by atoms with Crippen LogP contribution in [0.1, 0.15) is 18.4 Å². The third kappa shape index (κ3) is 3.17. The van der Waals surface area contributed by atoms with Crippen molar-refractivity contribution in [3.63, 3.8) is 0 Å². The van der Waals surface area contributed by atoms with Crippen LogP contribution in [0.4, 0.5) is 13.2 Å². The van der Waals surface area contributed by atoms with Crippen molar-refractivity contribution in [3.05, 3.63) is 28.2 Å². The zero-order valence-electron chi connectivity index (χ0n) is 9.47. The van der Waals surface area contributed by atoms with Crippen molar-refractivity contribution in [3.8, 4) is 5.75 Å². The van der Waals surface area contributed by atoms with Gasteiger partial charge in [-0.2, -0.15) is 13.2 Å². The van der Waals surface area contributed by atoms with E-state index in [9.17, 15) is 13.2 Å². The monoisotopic (exact) mass is 324 g/mol. The molecule has 1 aliphatic heterocycles. The van der Waals surface area contributed by atoms with Crippen LogP contribution in [0.25, 0.3) is 0 Å². The van der Waals surface area contributed by atoms with E-state index in [4.69, 9.17) is 9.47 Å². The second kappa shape index (κ2) is 5.48. The van der Waals surface area contributed by atoms with Crippen LogP contribution in [0, 0.1) is 0 Å². The molecule has 0 unspecified atom stereocenters. The molecule has 0 aliphatic carbocycles. The first-order chi connectivity index (χ1) is 8.48. The molecule has 0 aromatic heterocycles. The average molecular weight is 325 g/mol. The first-order valence-corrected chi connectivity index (χ1v) is 6.38. The van der Waals surface area contributed by atoms with Crippen molar-refractivity contribution >= 4 is 15.9 Å². The lowest BCUT2D eigenvalue weighted by molar-refractivity contribution is -0.140. The normalized spacial score (nSPS) is 17.8. The highest BCUT2D eigenvalue weighted by atomic mass is 79.9. The topological polar surface area (TPSA) is 18.5 Å². The molecule has 0 radical (unpaired) electrons. The second-order valence-corrected chi connectivity index (χ2v) is 4.89. The molecule has 0 spiro atoms. The molecule has 18 heavy (non-hydrogen) atoms. The zero-order valence-corrected chi connectivity index (χ0v) is 11.1. The lowest BCUT2D eigenvalue weighted by Gasteiger charge is -2.25. The van der Waals surface area contributed by atoms with Crippen molar-refractivity contribution in [2.24, 2.45) is 0 Å². The van der Waals surface area contributed by atoms with Crippen molar-refractivity contribution in [1.29, 1.82) is 0 Å². The molecule has 0 bridgehead atoms. The number of hydrogen-bond donors (Lipinski definition) is 0. The standard InChI is InChI=1S/C12H12BrF3O2/c13-9-2-1-3-10(11(9)12(14,15)16)18-8-4-6-17-7-5-8/h1-3,8H,4-7H2. The first-order valence-electron chi connectivity index (χ1n) is 5.58. The van der Waals surface area contributed by atoms with Crippen molar-refractivity contribution in [2.45, 2.75) is 25.1 Å². The van der Waals surface area contributed by atoms with E-state index in [1.165, 1.54) is 18.2 Å². The molecular formula is C12H12BrF3O2. The SMILES string of the molecule is FC(F)(F)c1c(Br)cccc1OC1CCOCC1. The fraction of sp³-hybridized carbons (Fsp3) is 0.500. The molecule has 0 amide bonds. The smallest absolute Gasteiger partial charge is 0.421 e. The summed E-state index contributed by atoms with van der Waals surface area (Å²) in [7, 11) is 0. The molecule has 1 saturated heterocycles. The van der Waals surface area contributed by atoms with Crippen LogP contribution in [-0.2, 0) is 10.9 Å². The Morgan fingerprint density at radius 3 is 2.50 bits per heavy atom. The summed E-state index contributed by atoms with van der Waals surface area (Å²) in [4.78, 5) is 0. The summed E-state index contributed by atoms with van der Waals surface area (Å²) in [6, 6.07) is 4.25. The minimum atomic E-state index is -4.43. The van der Waals surface area contributed by atoms with Gasteiger partial charge in [0, 0.05) is 17.3 Å². The Labute approximate surface area is 111 Å². The van der Waals surface area contributed by atoms with Gasteiger partial charge in [-0.15, -0.1) is 0 Å². The Hall–Kier alpha value is -0.750. The van der Waals surface area contributed by atoms with E-state index >= 15 is 0 Å². The highest BCUT2D eigenvalue weighted by Crippen LogP contribution is 2.41. The maximum atomic E-state index is 12.9. The van der Waals surface area contributed by atoms with E-state index in [0.717, 1.165) is 0 Å². The summed E-state index contributed by atoms with van der Waals surface area (Å²) in [6.45, 7) is 1.06. The van der Waals surface area contributed by atoms with Crippen LogP contribution in [-0.4, -0.2) is 19.3 Å². The van der Waals surface area contributed by atoms with Crippen LogP contribution >= 0.6 is 15.9 Å². The summed E-state index contributed by atoms with van der Waals surface area (Å²) in [5.41, 5.74) is -0.753. The van der Waals surface area contributed by atoms with Crippen molar-refractivity contribution in [2.75, 3.05) is 13.2 Å². The Kier molecular flexibility index (Phi) is 4.17. The molecule has 0 saturated carbocycles. The summed E-state index contributed by atoms with van der Waals surface area (Å²) >= 11 is 2.92. The minimum Gasteiger partial charge on any atom is -0.490 e. The van der Waals surface area contributed by atoms with Gasteiger partial charge in [0.25, 0.3) is 0 Å². The Bertz CT molecular complexity index is 414. The highest BCUT2D eigenvalue weighted by Gasteiger charge is 2.37. The lowest BCUT2D eigenvalue weighted by atomic mass is 10.1. The van der Waals surface area contributed by atoms with Gasteiger partial charge in [-0.3, -0.25) is 0 Å². The Balaban J connectivity index is 2.24. The molecule has 100 valence electrons. The van der Waals surface area contributed by atoms with Crippen LogP contribution in [0.5, 0.6) is 5.75 Å². The molecule has 0 atom stereocenters. The van der Waals surface area contributed by atoms with Gasteiger partial charge >= 0.3 is 6.18 Å². The summed E-state index contributed by atoms with van der Waals surface area (Å²) in [5.74, 6) is -0.122. The van der Waals surface area contributed by atoms with Gasteiger partial charge in [0.05, 0.1) is 13.2 Å². The van der Waals surface area contributed by atoms with Crippen LogP contribution < -0.4 is 4.74 Å². The minimum absolute atomic E-state index is 0.000408. The van der Waals surface area contributed by atoms with Crippen LogP contribution in [0.3, 0.4) is 0 Å². The number of benzene rings is 1. The van der Waals surface area contributed by atoms with Gasteiger partial charge < -0.3 is 9.47 Å². The second-order valence-electron chi connectivity index (χ2n) is 4.04. The van der Waals surface area contributed by atoms with Crippen LogP contribution in [0.2, 0.25) is 0 Å². The van der Waals surface area contributed by atoms with Gasteiger partial charge in [-0.1, -0.05) is 22.0 Å².